The molecule has 1 aromatic rings. The minimum Gasteiger partial charge on any atom is -0.490 e. The molecule has 5 nitrogen and oxygen atoms in total. The largest absolute Gasteiger partial charge is 0.490 e. The van der Waals surface area contributed by atoms with Crippen LogP contribution in [0.2, 0.25) is 0 Å². The number of anilines is 2. The fraction of sp³-hybridized carbons (Fsp3) is 0.727. The van der Waals surface area contributed by atoms with Gasteiger partial charge < -0.3 is 20.7 Å². The zero-order chi connectivity index (χ0) is 13.1. The normalized spacial score (nSPS) is 11.9. The Morgan fingerprint density at radius 3 is 2.65 bits per heavy atom. The molecule has 0 saturated carbocycles. The molecule has 0 aliphatic heterocycles. The molecule has 1 rings (SSSR count). The Bertz CT molecular complexity index is 362. The lowest BCUT2D eigenvalue weighted by molar-refractivity contribution is 0.254. The third kappa shape index (κ3) is 4.05. The zero-order valence-electron chi connectivity index (χ0n) is 11.2. The van der Waals surface area contributed by atoms with Crippen LogP contribution in [0.3, 0.4) is 0 Å². The van der Waals surface area contributed by atoms with Gasteiger partial charge in [-0.2, -0.15) is 4.37 Å². The Morgan fingerprint density at radius 2 is 2.12 bits per heavy atom. The molecule has 0 amide bonds. The van der Waals surface area contributed by atoms with Crippen molar-refractivity contribution in [3.63, 3.8) is 0 Å². The van der Waals surface area contributed by atoms with E-state index in [0.29, 0.717) is 11.6 Å². The number of aromatic nitrogens is 1. The van der Waals surface area contributed by atoms with Gasteiger partial charge in [0.2, 0.25) is 0 Å². The number of ether oxygens (including phenoxy) is 1. The SMILES string of the molecule is COc1c(N)nsc1NCC(C)(C)CN(C)C. The molecule has 0 bridgehead atoms. The fourth-order valence-corrected chi connectivity index (χ4v) is 2.52. The van der Waals surface area contributed by atoms with E-state index in [0.717, 1.165) is 18.1 Å². The van der Waals surface area contributed by atoms with Crippen molar-refractivity contribution in [1.82, 2.24) is 9.27 Å². The van der Waals surface area contributed by atoms with Gasteiger partial charge in [-0.25, -0.2) is 0 Å². The van der Waals surface area contributed by atoms with Crippen LogP contribution in [0.5, 0.6) is 5.75 Å². The van der Waals surface area contributed by atoms with Crippen molar-refractivity contribution in [2.75, 3.05) is 45.3 Å². The second kappa shape index (κ2) is 5.55. The summed E-state index contributed by atoms with van der Waals surface area (Å²) >= 11 is 1.34. The molecule has 0 spiro atoms. The van der Waals surface area contributed by atoms with Crippen molar-refractivity contribution in [3.05, 3.63) is 0 Å². The predicted molar refractivity (Wildman–Crippen MR) is 73.9 cm³/mol. The van der Waals surface area contributed by atoms with Crippen LogP contribution < -0.4 is 15.8 Å². The smallest absolute Gasteiger partial charge is 0.197 e. The quantitative estimate of drug-likeness (QED) is 0.813. The van der Waals surface area contributed by atoms with Gasteiger partial charge in [0.25, 0.3) is 0 Å². The van der Waals surface area contributed by atoms with Gasteiger partial charge in [0.15, 0.2) is 16.6 Å². The van der Waals surface area contributed by atoms with E-state index in [1.807, 2.05) is 0 Å². The molecule has 0 saturated heterocycles. The minimum atomic E-state index is 0.174. The van der Waals surface area contributed by atoms with E-state index in [-0.39, 0.29) is 5.41 Å². The van der Waals surface area contributed by atoms with Gasteiger partial charge in [0.1, 0.15) is 0 Å². The van der Waals surface area contributed by atoms with E-state index in [4.69, 9.17) is 10.5 Å². The number of hydrogen-bond donors (Lipinski definition) is 2. The van der Waals surface area contributed by atoms with E-state index >= 15 is 0 Å². The third-order valence-corrected chi connectivity index (χ3v) is 3.15. The van der Waals surface area contributed by atoms with Crippen LogP contribution in [-0.2, 0) is 0 Å². The first kappa shape index (κ1) is 14.1. The van der Waals surface area contributed by atoms with Crippen LogP contribution in [-0.4, -0.2) is 43.6 Å². The van der Waals surface area contributed by atoms with Gasteiger partial charge in [-0.1, -0.05) is 13.8 Å². The highest BCUT2D eigenvalue weighted by atomic mass is 32.1. The van der Waals surface area contributed by atoms with Crippen LogP contribution in [0.15, 0.2) is 0 Å². The molecule has 0 fully saturated rings. The molecule has 1 heterocycles. The Kier molecular flexibility index (Phi) is 4.59. The van der Waals surface area contributed by atoms with Crippen molar-refractivity contribution in [2.24, 2.45) is 5.41 Å². The maximum atomic E-state index is 5.70. The molecule has 0 aliphatic rings. The standard InChI is InChI=1S/C11H22N4OS/c1-11(2,7-15(3)4)6-13-10-8(16-5)9(12)14-17-10/h13H,6-7H2,1-5H3,(H2,12,14). The summed E-state index contributed by atoms with van der Waals surface area (Å²) < 4.78 is 9.28. The zero-order valence-corrected chi connectivity index (χ0v) is 12.0. The summed E-state index contributed by atoms with van der Waals surface area (Å²) in [6.45, 7) is 6.30. The fourth-order valence-electron chi connectivity index (χ4n) is 1.84. The molecule has 17 heavy (non-hydrogen) atoms. The number of hydrogen-bond acceptors (Lipinski definition) is 6. The van der Waals surface area contributed by atoms with Crippen molar-refractivity contribution in [3.8, 4) is 5.75 Å². The Balaban J connectivity index is 2.60. The summed E-state index contributed by atoms with van der Waals surface area (Å²) in [5.74, 6) is 1.10. The van der Waals surface area contributed by atoms with Gasteiger partial charge >= 0.3 is 0 Å². The molecular formula is C11H22N4OS. The van der Waals surface area contributed by atoms with Crippen LogP contribution in [0.25, 0.3) is 0 Å². The van der Waals surface area contributed by atoms with E-state index in [2.05, 4.69) is 42.5 Å². The number of nitrogen functional groups attached to an aromatic ring is 1. The summed E-state index contributed by atoms with van der Waals surface area (Å²) in [6, 6.07) is 0. The summed E-state index contributed by atoms with van der Waals surface area (Å²) in [7, 11) is 5.76. The highest BCUT2D eigenvalue weighted by Crippen LogP contribution is 2.35. The summed E-state index contributed by atoms with van der Waals surface area (Å²) in [4.78, 5) is 2.18. The molecule has 0 unspecified atom stereocenters. The van der Waals surface area contributed by atoms with E-state index < -0.39 is 0 Å². The molecule has 0 aliphatic carbocycles. The Morgan fingerprint density at radius 1 is 1.47 bits per heavy atom. The van der Waals surface area contributed by atoms with Crippen LogP contribution in [0.1, 0.15) is 13.8 Å². The van der Waals surface area contributed by atoms with Gasteiger partial charge in [-0.05, 0) is 31.0 Å². The topological polar surface area (TPSA) is 63.4 Å². The molecule has 0 atom stereocenters. The lowest BCUT2D eigenvalue weighted by Crippen LogP contribution is -2.34. The maximum absolute atomic E-state index is 5.70. The molecule has 0 radical (unpaired) electrons. The highest BCUT2D eigenvalue weighted by Gasteiger charge is 2.20. The van der Waals surface area contributed by atoms with Crippen molar-refractivity contribution in [2.45, 2.75) is 13.8 Å². The summed E-state index contributed by atoms with van der Waals surface area (Å²) in [5.41, 5.74) is 5.87. The molecule has 3 N–H and O–H groups in total. The van der Waals surface area contributed by atoms with Gasteiger partial charge in [-0.3, -0.25) is 0 Å². The van der Waals surface area contributed by atoms with Crippen LogP contribution in [0, 0.1) is 5.41 Å². The predicted octanol–water partition coefficient (Wildman–Crippen LogP) is 1.73. The molecule has 6 heteroatoms. The lowest BCUT2D eigenvalue weighted by atomic mass is 9.93. The van der Waals surface area contributed by atoms with E-state index in [9.17, 15) is 0 Å². The molecule has 0 aromatic carbocycles. The lowest BCUT2D eigenvalue weighted by Gasteiger charge is -2.28. The van der Waals surface area contributed by atoms with Crippen molar-refractivity contribution < 1.29 is 4.74 Å². The first-order chi connectivity index (χ1) is 7.85. The average Bonchev–Trinajstić information content (AvgIpc) is 2.54. The van der Waals surface area contributed by atoms with Crippen molar-refractivity contribution >= 4 is 22.4 Å². The van der Waals surface area contributed by atoms with E-state index in [1.54, 1.807) is 7.11 Å². The van der Waals surface area contributed by atoms with Crippen molar-refractivity contribution in [1.29, 1.82) is 0 Å². The number of methoxy groups -OCH3 is 1. The minimum absolute atomic E-state index is 0.174. The van der Waals surface area contributed by atoms with E-state index in [1.165, 1.54) is 11.5 Å². The first-order valence-corrected chi connectivity index (χ1v) is 6.31. The first-order valence-electron chi connectivity index (χ1n) is 5.53. The Labute approximate surface area is 107 Å². The maximum Gasteiger partial charge on any atom is 0.197 e. The summed E-state index contributed by atoms with van der Waals surface area (Å²) in [6.07, 6.45) is 0. The third-order valence-electron chi connectivity index (χ3n) is 2.35. The molecule has 98 valence electrons. The average molecular weight is 258 g/mol. The summed E-state index contributed by atoms with van der Waals surface area (Å²) in [5, 5.41) is 4.25. The highest BCUT2D eigenvalue weighted by molar-refractivity contribution is 7.11. The van der Waals surface area contributed by atoms with Gasteiger partial charge in [-0.15, -0.1) is 0 Å². The monoisotopic (exact) mass is 258 g/mol. The van der Waals surface area contributed by atoms with Crippen LogP contribution in [0.4, 0.5) is 10.8 Å². The van der Waals surface area contributed by atoms with Gasteiger partial charge in [0.05, 0.1) is 7.11 Å². The molecule has 1 aromatic heterocycles. The number of nitrogens with two attached hydrogens (primary N) is 1. The van der Waals surface area contributed by atoms with Crippen LogP contribution >= 0.6 is 11.5 Å². The number of rotatable bonds is 6. The second-order valence-corrected chi connectivity index (χ2v) is 5.96. The Hall–Kier alpha value is -1.01. The molecular weight excluding hydrogens is 236 g/mol. The van der Waals surface area contributed by atoms with Gasteiger partial charge in [0, 0.05) is 13.1 Å². The second-order valence-electron chi connectivity index (χ2n) is 5.19. The number of nitrogens with zero attached hydrogens (tertiary/aromatic N) is 2. The number of nitrogens with one attached hydrogen (secondary N) is 1.